The van der Waals surface area contributed by atoms with Crippen LogP contribution in [0.25, 0.3) is 0 Å². The van der Waals surface area contributed by atoms with Crippen molar-refractivity contribution in [3.05, 3.63) is 33.8 Å². The Morgan fingerprint density at radius 3 is 2.33 bits per heavy atom. The summed E-state index contributed by atoms with van der Waals surface area (Å²) in [7, 11) is 0. The molecular weight excluding hydrogens is 232 g/mol. The Morgan fingerprint density at radius 1 is 1.33 bits per heavy atom. The van der Waals surface area contributed by atoms with E-state index in [4.69, 9.17) is 0 Å². The fraction of sp³-hybridized carbons (Fsp3) is 0.400. The van der Waals surface area contributed by atoms with Gasteiger partial charge in [-0.05, 0) is 44.0 Å². The van der Waals surface area contributed by atoms with E-state index in [1.165, 1.54) is 11.1 Å². The minimum atomic E-state index is -0.0616. The third kappa shape index (κ3) is 2.27. The first kappa shape index (κ1) is 10.1. The smallest absolute Gasteiger partial charge is 0.0325 e. The monoisotopic (exact) mass is 244 g/mol. The summed E-state index contributed by atoms with van der Waals surface area (Å²) in [5, 5.41) is 0. The van der Waals surface area contributed by atoms with Crippen molar-refractivity contribution in [1.29, 1.82) is 0 Å². The Balaban J connectivity index is 3.23. The van der Waals surface area contributed by atoms with Gasteiger partial charge in [-0.25, -0.2) is 0 Å². The average molecular weight is 245 g/mol. The number of aryl methyl sites for hydroxylation is 1. The minimum absolute atomic E-state index is 0.0616. The van der Waals surface area contributed by atoms with Crippen molar-refractivity contribution in [2.24, 2.45) is 0 Å². The van der Waals surface area contributed by atoms with Crippen molar-refractivity contribution in [3.8, 4) is 0 Å². The van der Waals surface area contributed by atoms with Crippen LogP contribution in [0.4, 0.5) is 0 Å². The van der Waals surface area contributed by atoms with E-state index in [9.17, 15) is 0 Å². The summed E-state index contributed by atoms with van der Waals surface area (Å²) in [4.78, 5) is 0. The van der Waals surface area contributed by atoms with Crippen molar-refractivity contribution < 1.29 is 0 Å². The molecule has 1 rings (SSSR count). The first-order chi connectivity index (χ1) is 5.41. The second-order valence-electron chi connectivity index (χ2n) is 3.52. The van der Waals surface area contributed by atoms with Gasteiger partial charge in [0.05, 0.1) is 0 Å². The molecule has 12 heavy (non-hydrogen) atoms. The lowest BCUT2D eigenvalue weighted by molar-refractivity contribution is 0.782. The van der Waals surface area contributed by atoms with Gasteiger partial charge in [-0.2, -0.15) is 12.6 Å². The van der Waals surface area contributed by atoms with E-state index in [0.717, 1.165) is 4.47 Å². The van der Waals surface area contributed by atoms with Crippen molar-refractivity contribution in [2.75, 3.05) is 0 Å². The molecule has 0 atom stereocenters. The van der Waals surface area contributed by atoms with Crippen LogP contribution < -0.4 is 0 Å². The molecule has 0 nitrogen and oxygen atoms in total. The highest BCUT2D eigenvalue weighted by molar-refractivity contribution is 9.10. The second kappa shape index (κ2) is 3.43. The molecule has 0 aliphatic rings. The molecule has 2 heteroatoms. The standard InChI is InChI=1S/C10H13BrS/c1-7-4-5-8(11)6-9(7)10(2,3)12/h4-6,12H,1-3H3. The number of hydrogen-bond acceptors (Lipinski definition) is 1. The Hall–Kier alpha value is 0.0500. The molecule has 0 saturated carbocycles. The van der Waals surface area contributed by atoms with Crippen LogP contribution in [0.5, 0.6) is 0 Å². The molecule has 0 amide bonds. The third-order valence-corrected chi connectivity index (χ3v) is 2.59. The lowest BCUT2D eigenvalue weighted by Crippen LogP contribution is -2.09. The van der Waals surface area contributed by atoms with E-state index < -0.39 is 0 Å². The first-order valence-electron chi connectivity index (χ1n) is 3.90. The van der Waals surface area contributed by atoms with Crippen LogP contribution in [0.3, 0.4) is 0 Å². The summed E-state index contributed by atoms with van der Waals surface area (Å²) >= 11 is 8.00. The Kier molecular flexibility index (Phi) is 2.89. The largest absolute Gasteiger partial charge is 0.168 e. The van der Waals surface area contributed by atoms with E-state index >= 15 is 0 Å². The van der Waals surface area contributed by atoms with Crippen molar-refractivity contribution >= 4 is 28.6 Å². The van der Waals surface area contributed by atoms with Gasteiger partial charge in [0.15, 0.2) is 0 Å². The van der Waals surface area contributed by atoms with Gasteiger partial charge in [0.1, 0.15) is 0 Å². The van der Waals surface area contributed by atoms with Crippen LogP contribution in [0.2, 0.25) is 0 Å². The molecular formula is C10H13BrS. The summed E-state index contributed by atoms with van der Waals surface area (Å²) in [6.45, 7) is 6.31. The minimum Gasteiger partial charge on any atom is -0.168 e. The van der Waals surface area contributed by atoms with E-state index in [0.29, 0.717) is 0 Å². The molecule has 0 unspecified atom stereocenters. The second-order valence-corrected chi connectivity index (χ2v) is 5.55. The summed E-state index contributed by atoms with van der Waals surface area (Å²) in [6, 6.07) is 6.29. The van der Waals surface area contributed by atoms with Crippen LogP contribution >= 0.6 is 28.6 Å². The number of hydrogen-bond donors (Lipinski definition) is 1. The van der Waals surface area contributed by atoms with Crippen LogP contribution in [0, 0.1) is 6.92 Å². The molecule has 0 spiro atoms. The topological polar surface area (TPSA) is 0 Å². The molecule has 66 valence electrons. The molecule has 0 radical (unpaired) electrons. The van der Waals surface area contributed by atoms with Gasteiger partial charge in [0.2, 0.25) is 0 Å². The molecule has 0 N–H and O–H groups in total. The predicted molar refractivity (Wildman–Crippen MR) is 60.9 cm³/mol. The molecule has 0 heterocycles. The molecule has 0 aliphatic heterocycles. The summed E-state index contributed by atoms with van der Waals surface area (Å²) < 4.78 is 1.05. The number of benzene rings is 1. The van der Waals surface area contributed by atoms with Gasteiger partial charge in [0, 0.05) is 9.22 Å². The fourth-order valence-corrected chi connectivity index (χ4v) is 1.86. The fourth-order valence-electron chi connectivity index (χ4n) is 1.25. The first-order valence-corrected chi connectivity index (χ1v) is 5.14. The van der Waals surface area contributed by atoms with Gasteiger partial charge in [-0.15, -0.1) is 0 Å². The van der Waals surface area contributed by atoms with E-state index in [-0.39, 0.29) is 4.75 Å². The number of thiol groups is 1. The average Bonchev–Trinajstić information content (AvgIpc) is 1.92. The molecule has 1 aromatic rings. The van der Waals surface area contributed by atoms with Crippen molar-refractivity contribution in [3.63, 3.8) is 0 Å². The van der Waals surface area contributed by atoms with Gasteiger partial charge in [-0.1, -0.05) is 22.0 Å². The number of rotatable bonds is 1. The molecule has 0 aliphatic carbocycles. The lowest BCUT2D eigenvalue weighted by atomic mass is 9.97. The summed E-state index contributed by atoms with van der Waals surface area (Å²) in [6.07, 6.45) is 0. The summed E-state index contributed by atoms with van der Waals surface area (Å²) in [5.41, 5.74) is 2.57. The van der Waals surface area contributed by atoms with Gasteiger partial charge >= 0.3 is 0 Å². The van der Waals surface area contributed by atoms with Crippen LogP contribution in [-0.2, 0) is 4.75 Å². The highest BCUT2D eigenvalue weighted by Gasteiger charge is 2.16. The third-order valence-electron chi connectivity index (χ3n) is 1.86. The van der Waals surface area contributed by atoms with E-state index in [1.54, 1.807) is 0 Å². The van der Waals surface area contributed by atoms with Gasteiger partial charge < -0.3 is 0 Å². The normalized spacial score (nSPS) is 11.8. The quantitative estimate of drug-likeness (QED) is 0.712. The SMILES string of the molecule is Cc1ccc(Br)cc1C(C)(C)S. The zero-order valence-electron chi connectivity index (χ0n) is 7.56. The molecule has 0 saturated heterocycles. The van der Waals surface area contributed by atoms with Crippen LogP contribution in [-0.4, -0.2) is 0 Å². The van der Waals surface area contributed by atoms with Crippen molar-refractivity contribution in [1.82, 2.24) is 0 Å². The maximum Gasteiger partial charge on any atom is 0.0325 e. The molecule has 0 aromatic heterocycles. The zero-order valence-corrected chi connectivity index (χ0v) is 10.0. The lowest BCUT2D eigenvalue weighted by Gasteiger charge is -2.20. The predicted octanol–water partition coefficient (Wildman–Crippen LogP) is 3.92. The Morgan fingerprint density at radius 2 is 1.92 bits per heavy atom. The van der Waals surface area contributed by atoms with Gasteiger partial charge in [0.25, 0.3) is 0 Å². The summed E-state index contributed by atoms with van der Waals surface area (Å²) in [5.74, 6) is 0. The van der Waals surface area contributed by atoms with Crippen LogP contribution in [0.1, 0.15) is 25.0 Å². The maximum absolute atomic E-state index is 4.54. The number of halogens is 1. The maximum atomic E-state index is 4.54. The Bertz CT molecular complexity index is 286. The van der Waals surface area contributed by atoms with Gasteiger partial charge in [-0.3, -0.25) is 0 Å². The van der Waals surface area contributed by atoms with E-state index in [2.05, 4.69) is 67.5 Å². The zero-order chi connectivity index (χ0) is 9.35. The molecule has 0 bridgehead atoms. The highest BCUT2D eigenvalue weighted by Crippen LogP contribution is 2.31. The molecule has 1 aromatic carbocycles. The molecule has 0 fully saturated rings. The van der Waals surface area contributed by atoms with Crippen LogP contribution in [0.15, 0.2) is 22.7 Å². The highest BCUT2D eigenvalue weighted by atomic mass is 79.9. The van der Waals surface area contributed by atoms with Crippen molar-refractivity contribution in [2.45, 2.75) is 25.5 Å². The Labute approximate surface area is 87.9 Å². The van der Waals surface area contributed by atoms with E-state index in [1.807, 2.05) is 0 Å².